The van der Waals surface area contributed by atoms with Gasteiger partial charge in [-0.3, -0.25) is 4.79 Å². The van der Waals surface area contributed by atoms with Crippen molar-refractivity contribution in [3.05, 3.63) is 0 Å². The zero-order valence-electron chi connectivity index (χ0n) is 9.49. The average molecular weight is 198 g/mol. The van der Waals surface area contributed by atoms with Crippen LogP contribution in [0.4, 0.5) is 0 Å². The molecule has 0 aromatic heterocycles. The first-order valence-electron chi connectivity index (χ1n) is 5.64. The third kappa shape index (κ3) is 2.27. The van der Waals surface area contributed by atoms with Gasteiger partial charge in [-0.2, -0.15) is 0 Å². The van der Waals surface area contributed by atoms with E-state index < -0.39 is 0 Å². The summed E-state index contributed by atoms with van der Waals surface area (Å²) in [6.45, 7) is 7.37. The van der Waals surface area contributed by atoms with Crippen molar-refractivity contribution in [1.29, 1.82) is 0 Å². The summed E-state index contributed by atoms with van der Waals surface area (Å²) >= 11 is 0. The number of amides is 1. The molecule has 2 N–H and O–H groups in total. The number of piperidine rings is 1. The first-order chi connectivity index (χ1) is 6.57. The Hall–Kier alpha value is -0.570. The third-order valence-electron chi connectivity index (χ3n) is 3.47. The molecule has 3 nitrogen and oxygen atoms in total. The number of nitrogens with zero attached hydrogens (tertiary/aromatic N) is 1. The second kappa shape index (κ2) is 4.78. The smallest absolute Gasteiger partial charge is 0.239 e. The maximum atomic E-state index is 11.8. The van der Waals surface area contributed by atoms with E-state index in [1.807, 2.05) is 4.90 Å². The third-order valence-corrected chi connectivity index (χ3v) is 3.47. The van der Waals surface area contributed by atoms with E-state index in [2.05, 4.69) is 20.8 Å². The van der Waals surface area contributed by atoms with Crippen LogP contribution in [0.5, 0.6) is 0 Å². The van der Waals surface area contributed by atoms with Gasteiger partial charge < -0.3 is 10.6 Å². The molecule has 0 aromatic rings. The summed E-state index contributed by atoms with van der Waals surface area (Å²) in [6.07, 6.45) is 3.01. The lowest BCUT2D eigenvalue weighted by Gasteiger charge is -2.37. The zero-order valence-corrected chi connectivity index (χ0v) is 9.49. The van der Waals surface area contributed by atoms with Crippen LogP contribution in [-0.2, 0) is 4.79 Å². The molecule has 14 heavy (non-hydrogen) atoms. The zero-order chi connectivity index (χ0) is 10.7. The van der Waals surface area contributed by atoms with Crippen LogP contribution in [0.3, 0.4) is 0 Å². The average Bonchev–Trinajstić information content (AvgIpc) is 2.20. The van der Waals surface area contributed by atoms with Gasteiger partial charge in [-0.15, -0.1) is 0 Å². The van der Waals surface area contributed by atoms with Crippen LogP contribution in [0.1, 0.15) is 40.0 Å². The van der Waals surface area contributed by atoms with E-state index in [1.165, 1.54) is 0 Å². The molecule has 0 radical (unpaired) electrons. The van der Waals surface area contributed by atoms with E-state index in [1.54, 1.807) is 0 Å². The van der Waals surface area contributed by atoms with E-state index in [0.717, 1.165) is 25.8 Å². The van der Waals surface area contributed by atoms with Crippen LogP contribution in [-0.4, -0.2) is 29.4 Å². The van der Waals surface area contributed by atoms with E-state index >= 15 is 0 Å². The SMILES string of the molecule is CCC(C)C(C)N1CCCC(N)C1=O. The van der Waals surface area contributed by atoms with Crippen molar-refractivity contribution < 1.29 is 4.79 Å². The summed E-state index contributed by atoms with van der Waals surface area (Å²) in [4.78, 5) is 13.7. The van der Waals surface area contributed by atoms with E-state index in [-0.39, 0.29) is 11.9 Å². The Kier molecular flexibility index (Phi) is 3.93. The van der Waals surface area contributed by atoms with Gasteiger partial charge in [-0.1, -0.05) is 20.3 Å². The molecule has 0 aromatic carbocycles. The van der Waals surface area contributed by atoms with Gasteiger partial charge in [0.2, 0.25) is 5.91 Å². The summed E-state index contributed by atoms with van der Waals surface area (Å²) in [7, 11) is 0. The lowest BCUT2D eigenvalue weighted by molar-refractivity contribution is -0.138. The maximum absolute atomic E-state index is 11.8. The minimum absolute atomic E-state index is 0.143. The van der Waals surface area contributed by atoms with Crippen molar-refractivity contribution >= 4 is 5.91 Å². The number of hydrogen-bond donors (Lipinski definition) is 1. The highest BCUT2D eigenvalue weighted by Crippen LogP contribution is 2.19. The quantitative estimate of drug-likeness (QED) is 0.744. The highest BCUT2D eigenvalue weighted by molar-refractivity contribution is 5.82. The van der Waals surface area contributed by atoms with Crippen LogP contribution in [0.15, 0.2) is 0 Å². The number of nitrogens with two attached hydrogens (primary N) is 1. The molecule has 3 atom stereocenters. The van der Waals surface area contributed by atoms with Crippen LogP contribution in [0.25, 0.3) is 0 Å². The van der Waals surface area contributed by atoms with Gasteiger partial charge in [0.25, 0.3) is 0 Å². The Morgan fingerprint density at radius 3 is 2.79 bits per heavy atom. The van der Waals surface area contributed by atoms with Gasteiger partial charge in [0.05, 0.1) is 6.04 Å². The fourth-order valence-corrected chi connectivity index (χ4v) is 1.98. The van der Waals surface area contributed by atoms with Crippen molar-refractivity contribution in [3.63, 3.8) is 0 Å². The fraction of sp³-hybridized carbons (Fsp3) is 0.909. The number of carbonyl (C=O) groups excluding carboxylic acids is 1. The number of likely N-dealkylation sites (tertiary alicyclic amines) is 1. The van der Waals surface area contributed by atoms with Crippen molar-refractivity contribution in [2.24, 2.45) is 11.7 Å². The predicted molar refractivity (Wildman–Crippen MR) is 57.8 cm³/mol. The lowest BCUT2D eigenvalue weighted by atomic mass is 9.95. The second-order valence-electron chi connectivity index (χ2n) is 4.41. The highest BCUT2D eigenvalue weighted by Gasteiger charge is 2.30. The molecule has 1 rings (SSSR count). The van der Waals surface area contributed by atoms with Crippen molar-refractivity contribution in [3.8, 4) is 0 Å². The lowest BCUT2D eigenvalue weighted by Crippen LogP contribution is -2.53. The maximum Gasteiger partial charge on any atom is 0.239 e. The molecule has 0 aliphatic carbocycles. The van der Waals surface area contributed by atoms with Crippen LogP contribution >= 0.6 is 0 Å². The molecule has 1 saturated heterocycles. The second-order valence-corrected chi connectivity index (χ2v) is 4.41. The first-order valence-corrected chi connectivity index (χ1v) is 5.64. The summed E-state index contributed by atoms with van der Waals surface area (Å²) in [5.41, 5.74) is 5.76. The molecule has 0 saturated carbocycles. The normalized spacial score (nSPS) is 27.6. The molecule has 82 valence electrons. The van der Waals surface area contributed by atoms with Crippen molar-refractivity contribution in [2.75, 3.05) is 6.54 Å². The van der Waals surface area contributed by atoms with Crippen LogP contribution < -0.4 is 5.73 Å². The number of hydrogen-bond acceptors (Lipinski definition) is 2. The Morgan fingerprint density at radius 2 is 2.21 bits per heavy atom. The predicted octanol–water partition coefficient (Wildman–Crippen LogP) is 1.37. The van der Waals surface area contributed by atoms with Crippen LogP contribution in [0.2, 0.25) is 0 Å². The Balaban J connectivity index is 2.61. The summed E-state index contributed by atoms with van der Waals surface area (Å²) in [5, 5.41) is 0. The Bertz CT molecular complexity index is 205. The molecule has 0 bridgehead atoms. The molecule has 0 spiro atoms. The number of carbonyl (C=O) groups is 1. The summed E-state index contributed by atoms with van der Waals surface area (Å²) < 4.78 is 0. The fourth-order valence-electron chi connectivity index (χ4n) is 1.98. The standard InChI is InChI=1S/C11H22N2O/c1-4-8(2)9(3)13-7-5-6-10(12)11(13)14/h8-10H,4-7,12H2,1-3H3. The van der Waals surface area contributed by atoms with Gasteiger partial charge in [-0.25, -0.2) is 0 Å². The minimum Gasteiger partial charge on any atom is -0.338 e. The number of rotatable bonds is 3. The topological polar surface area (TPSA) is 46.3 Å². The van der Waals surface area contributed by atoms with Crippen molar-refractivity contribution in [1.82, 2.24) is 4.90 Å². The molecular weight excluding hydrogens is 176 g/mol. The highest BCUT2D eigenvalue weighted by atomic mass is 16.2. The Labute approximate surface area is 86.6 Å². The molecule has 1 aliphatic heterocycles. The summed E-state index contributed by atoms with van der Waals surface area (Å²) in [6, 6.07) is 0.0779. The monoisotopic (exact) mass is 198 g/mol. The molecule has 1 aliphatic rings. The molecule has 1 fully saturated rings. The molecule has 3 unspecified atom stereocenters. The molecule has 1 heterocycles. The van der Waals surface area contributed by atoms with Crippen molar-refractivity contribution in [2.45, 2.75) is 52.1 Å². The van der Waals surface area contributed by atoms with Gasteiger partial charge in [0, 0.05) is 12.6 Å². The van der Waals surface area contributed by atoms with Gasteiger partial charge in [-0.05, 0) is 25.7 Å². The minimum atomic E-state index is -0.254. The van der Waals surface area contributed by atoms with E-state index in [9.17, 15) is 4.79 Å². The van der Waals surface area contributed by atoms with E-state index in [4.69, 9.17) is 5.73 Å². The molecular formula is C11H22N2O. The van der Waals surface area contributed by atoms with E-state index in [0.29, 0.717) is 12.0 Å². The summed E-state index contributed by atoms with van der Waals surface area (Å²) in [5.74, 6) is 0.702. The van der Waals surface area contributed by atoms with Gasteiger partial charge in [0.1, 0.15) is 0 Å². The Morgan fingerprint density at radius 1 is 1.57 bits per heavy atom. The largest absolute Gasteiger partial charge is 0.338 e. The van der Waals surface area contributed by atoms with Gasteiger partial charge >= 0.3 is 0 Å². The first kappa shape index (κ1) is 11.5. The van der Waals surface area contributed by atoms with Crippen LogP contribution in [0, 0.1) is 5.92 Å². The van der Waals surface area contributed by atoms with Gasteiger partial charge in [0.15, 0.2) is 0 Å². The molecule has 3 heteroatoms. The molecule has 1 amide bonds.